The van der Waals surface area contributed by atoms with E-state index in [1.54, 1.807) is 31.4 Å². The molecule has 0 unspecified atom stereocenters. The van der Waals surface area contributed by atoms with E-state index in [9.17, 15) is 9.59 Å². The Balaban J connectivity index is 1.74. The molecular weight excluding hydrogens is 374 g/mol. The van der Waals surface area contributed by atoms with Crippen molar-refractivity contribution in [2.45, 2.75) is 6.92 Å². The van der Waals surface area contributed by atoms with Gasteiger partial charge in [-0.1, -0.05) is 19.1 Å². The topological polar surface area (TPSA) is 53.1 Å². The molecule has 1 saturated heterocycles. The summed E-state index contributed by atoms with van der Waals surface area (Å²) >= 11 is 1.48. The summed E-state index contributed by atoms with van der Waals surface area (Å²) in [5.74, 6) is 0.0843. The molecule has 0 bridgehead atoms. The lowest BCUT2D eigenvalue weighted by atomic mass is 10.1. The van der Waals surface area contributed by atoms with Crippen LogP contribution in [0.3, 0.4) is 0 Å². The van der Waals surface area contributed by atoms with Crippen LogP contribution in [-0.2, 0) is 9.59 Å². The maximum Gasteiger partial charge on any atom is 0.282 e. The van der Waals surface area contributed by atoms with E-state index in [1.165, 1.54) is 16.2 Å². The molecule has 0 N–H and O–H groups in total. The van der Waals surface area contributed by atoms with Crippen molar-refractivity contribution in [3.63, 3.8) is 0 Å². The van der Waals surface area contributed by atoms with E-state index in [1.807, 2.05) is 17.5 Å². The van der Waals surface area contributed by atoms with E-state index in [2.05, 4.69) is 16.7 Å². The van der Waals surface area contributed by atoms with Gasteiger partial charge in [0.05, 0.1) is 18.4 Å². The number of ether oxygens (including phenoxy) is 1. The van der Waals surface area contributed by atoms with Gasteiger partial charge in [-0.25, -0.2) is 4.90 Å². The number of amides is 2. The summed E-state index contributed by atoms with van der Waals surface area (Å²) in [5.41, 5.74) is 1.56. The lowest BCUT2D eigenvalue weighted by Crippen LogP contribution is -2.47. The summed E-state index contributed by atoms with van der Waals surface area (Å²) in [6, 6.07) is 10.9. The molecule has 1 aromatic carbocycles. The predicted octanol–water partition coefficient (Wildman–Crippen LogP) is 2.68. The Morgan fingerprint density at radius 1 is 1.04 bits per heavy atom. The van der Waals surface area contributed by atoms with Crippen molar-refractivity contribution < 1.29 is 14.3 Å². The first kappa shape index (κ1) is 18.7. The number of nitrogens with zero attached hydrogens (tertiary/aromatic N) is 3. The zero-order chi connectivity index (χ0) is 19.7. The van der Waals surface area contributed by atoms with Gasteiger partial charge in [-0.3, -0.25) is 9.59 Å². The summed E-state index contributed by atoms with van der Waals surface area (Å²) < 4.78 is 5.27. The number of thiophene rings is 1. The zero-order valence-electron chi connectivity index (χ0n) is 16.1. The summed E-state index contributed by atoms with van der Waals surface area (Å²) in [6.07, 6.45) is 0. The zero-order valence-corrected chi connectivity index (χ0v) is 16.9. The van der Waals surface area contributed by atoms with Crippen LogP contribution >= 0.6 is 11.3 Å². The van der Waals surface area contributed by atoms with Crippen molar-refractivity contribution in [2.75, 3.05) is 44.7 Å². The number of benzene rings is 1. The molecule has 2 aliphatic heterocycles. The number of hydrogen-bond acceptors (Lipinski definition) is 6. The fourth-order valence-corrected chi connectivity index (χ4v) is 4.49. The Morgan fingerprint density at radius 2 is 1.82 bits per heavy atom. The highest BCUT2D eigenvalue weighted by Crippen LogP contribution is 2.37. The van der Waals surface area contributed by atoms with E-state index in [0.717, 1.165) is 37.6 Å². The smallest absolute Gasteiger partial charge is 0.282 e. The third-order valence-electron chi connectivity index (χ3n) is 5.27. The number of methoxy groups -OCH3 is 1. The number of hydrogen-bond donors (Lipinski definition) is 0. The molecule has 146 valence electrons. The molecule has 1 aromatic heterocycles. The molecule has 2 aliphatic rings. The molecule has 7 heteroatoms. The summed E-state index contributed by atoms with van der Waals surface area (Å²) in [6.45, 7) is 6.39. The number of likely N-dealkylation sites (N-methyl/N-ethyl adjacent to an activating group) is 1. The maximum absolute atomic E-state index is 13.4. The van der Waals surface area contributed by atoms with Crippen LogP contribution in [0.4, 0.5) is 5.69 Å². The minimum atomic E-state index is -0.270. The third-order valence-corrected chi connectivity index (χ3v) is 6.16. The van der Waals surface area contributed by atoms with Gasteiger partial charge in [0.15, 0.2) is 0 Å². The van der Waals surface area contributed by atoms with E-state index in [-0.39, 0.29) is 11.8 Å². The predicted molar refractivity (Wildman–Crippen MR) is 110 cm³/mol. The Bertz CT molecular complexity index is 915. The highest BCUT2D eigenvalue weighted by molar-refractivity contribution is 7.11. The lowest BCUT2D eigenvalue weighted by Gasteiger charge is -2.35. The number of carbonyl (C=O) groups is 2. The van der Waals surface area contributed by atoms with Crippen molar-refractivity contribution in [3.8, 4) is 5.75 Å². The van der Waals surface area contributed by atoms with Gasteiger partial charge in [-0.15, -0.1) is 11.3 Å². The molecule has 28 heavy (non-hydrogen) atoms. The number of carbonyl (C=O) groups excluding carboxylic acids is 2. The van der Waals surface area contributed by atoms with Crippen molar-refractivity contribution in [1.82, 2.24) is 9.80 Å². The summed E-state index contributed by atoms with van der Waals surface area (Å²) in [5, 5.41) is 1.93. The molecule has 0 aliphatic carbocycles. The van der Waals surface area contributed by atoms with Gasteiger partial charge in [0.25, 0.3) is 11.8 Å². The normalized spacial score (nSPS) is 18.4. The second-order valence-corrected chi connectivity index (χ2v) is 7.72. The molecule has 0 radical (unpaired) electrons. The lowest BCUT2D eigenvalue weighted by molar-refractivity contribution is -0.120. The van der Waals surface area contributed by atoms with Crippen LogP contribution in [0.2, 0.25) is 0 Å². The van der Waals surface area contributed by atoms with E-state index in [0.29, 0.717) is 22.7 Å². The molecular formula is C21H23N3O3S. The first-order valence-electron chi connectivity index (χ1n) is 9.42. The first-order chi connectivity index (χ1) is 13.6. The van der Waals surface area contributed by atoms with Crippen molar-refractivity contribution in [2.24, 2.45) is 0 Å². The Labute approximate surface area is 168 Å². The molecule has 0 spiro atoms. The molecule has 0 saturated carbocycles. The summed E-state index contributed by atoms with van der Waals surface area (Å²) in [4.78, 5) is 33.3. The van der Waals surface area contributed by atoms with Crippen LogP contribution in [0.15, 0.2) is 47.5 Å². The SMILES string of the molecule is CCN1CCN(C2=C(c3cccs3)C(=O)N(c3cccc(OC)c3)C2=O)CC1. The second-order valence-electron chi connectivity index (χ2n) is 6.77. The first-order valence-corrected chi connectivity index (χ1v) is 10.3. The van der Waals surface area contributed by atoms with E-state index in [4.69, 9.17) is 4.74 Å². The van der Waals surface area contributed by atoms with Gasteiger partial charge >= 0.3 is 0 Å². The van der Waals surface area contributed by atoms with Gasteiger partial charge in [0.2, 0.25) is 0 Å². The molecule has 2 amide bonds. The minimum Gasteiger partial charge on any atom is -0.497 e. The fourth-order valence-electron chi connectivity index (χ4n) is 3.73. The highest BCUT2D eigenvalue weighted by Gasteiger charge is 2.43. The number of rotatable bonds is 5. The van der Waals surface area contributed by atoms with Crippen LogP contribution in [0, 0.1) is 0 Å². The quantitative estimate of drug-likeness (QED) is 0.726. The van der Waals surface area contributed by atoms with Crippen LogP contribution in [0.5, 0.6) is 5.75 Å². The highest BCUT2D eigenvalue weighted by atomic mass is 32.1. The minimum absolute atomic E-state index is 0.258. The van der Waals surface area contributed by atoms with Gasteiger partial charge < -0.3 is 14.5 Å². The van der Waals surface area contributed by atoms with Crippen molar-refractivity contribution in [1.29, 1.82) is 0 Å². The molecule has 1 fully saturated rings. The van der Waals surface area contributed by atoms with Crippen LogP contribution in [0.1, 0.15) is 11.8 Å². The summed E-state index contributed by atoms with van der Waals surface area (Å²) in [7, 11) is 1.57. The largest absolute Gasteiger partial charge is 0.497 e. The van der Waals surface area contributed by atoms with Crippen LogP contribution in [-0.4, -0.2) is 61.4 Å². The molecule has 2 aromatic rings. The van der Waals surface area contributed by atoms with Gasteiger partial charge in [0.1, 0.15) is 11.4 Å². The third kappa shape index (κ3) is 3.21. The molecule has 0 atom stereocenters. The Hall–Kier alpha value is -2.64. The monoisotopic (exact) mass is 397 g/mol. The van der Waals surface area contributed by atoms with Crippen LogP contribution in [0.25, 0.3) is 5.57 Å². The molecule has 3 heterocycles. The Kier molecular flexibility index (Phi) is 5.19. The number of anilines is 1. The van der Waals surface area contributed by atoms with Gasteiger partial charge in [0, 0.05) is 37.1 Å². The average Bonchev–Trinajstić information content (AvgIpc) is 3.34. The number of piperazine rings is 1. The van der Waals surface area contributed by atoms with E-state index >= 15 is 0 Å². The van der Waals surface area contributed by atoms with Crippen molar-refractivity contribution in [3.05, 3.63) is 52.4 Å². The fraction of sp³-hybridized carbons (Fsp3) is 0.333. The molecule has 6 nitrogen and oxygen atoms in total. The average molecular weight is 398 g/mol. The standard InChI is InChI=1S/C21H23N3O3S/c1-3-22-9-11-23(12-10-22)19-18(17-8-5-13-28-17)20(25)24(21(19)26)15-6-4-7-16(14-15)27-2/h4-8,13-14H,3,9-12H2,1-2H3. The van der Waals surface area contributed by atoms with Gasteiger partial charge in [-0.2, -0.15) is 0 Å². The Morgan fingerprint density at radius 3 is 2.46 bits per heavy atom. The van der Waals surface area contributed by atoms with Crippen molar-refractivity contribution >= 4 is 34.4 Å². The van der Waals surface area contributed by atoms with Crippen LogP contribution < -0.4 is 9.64 Å². The van der Waals surface area contributed by atoms with E-state index < -0.39 is 0 Å². The second kappa shape index (κ2) is 7.77. The maximum atomic E-state index is 13.4. The number of imide groups is 1. The van der Waals surface area contributed by atoms with Gasteiger partial charge in [-0.05, 0) is 30.1 Å². The molecule has 4 rings (SSSR count).